The van der Waals surface area contributed by atoms with E-state index in [1.165, 1.54) is 4.31 Å². The van der Waals surface area contributed by atoms with Crippen molar-refractivity contribution in [2.24, 2.45) is 5.41 Å². The molecular weight excluding hydrogens is 412 g/mol. The standard InChI is InChI=1S/C24H32N2O4S/c1-17-12-19(3)22(13-18(17)2)31(28,29)26-11-7-10-24(4,16-26)23(27)25-15-20-8-6-9-21(14-20)30-5/h6,8-9,12-14H,7,10-11,15-16H2,1-5H3,(H,25,27). The zero-order valence-corrected chi connectivity index (χ0v) is 19.8. The van der Waals surface area contributed by atoms with E-state index < -0.39 is 15.4 Å². The van der Waals surface area contributed by atoms with Crippen LogP contribution in [0.3, 0.4) is 0 Å². The molecule has 1 aliphatic rings. The lowest BCUT2D eigenvalue weighted by atomic mass is 9.82. The number of aryl methyl sites for hydroxylation is 3. The number of methoxy groups -OCH3 is 1. The van der Waals surface area contributed by atoms with Crippen molar-refractivity contribution in [1.29, 1.82) is 0 Å². The molecule has 1 heterocycles. The fourth-order valence-electron chi connectivity index (χ4n) is 4.11. The molecule has 1 amide bonds. The number of nitrogens with zero attached hydrogens (tertiary/aromatic N) is 1. The molecule has 1 N–H and O–H groups in total. The Morgan fingerprint density at radius 2 is 1.84 bits per heavy atom. The minimum atomic E-state index is -3.68. The molecule has 31 heavy (non-hydrogen) atoms. The summed E-state index contributed by atoms with van der Waals surface area (Å²) in [5, 5.41) is 2.98. The molecular formula is C24H32N2O4S. The zero-order chi connectivity index (χ0) is 22.8. The number of carbonyl (C=O) groups is 1. The third-order valence-electron chi connectivity index (χ3n) is 6.21. The van der Waals surface area contributed by atoms with Gasteiger partial charge in [0.15, 0.2) is 0 Å². The van der Waals surface area contributed by atoms with Crippen molar-refractivity contribution < 1.29 is 17.9 Å². The first-order valence-electron chi connectivity index (χ1n) is 10.6. The first-order valence-corrected chi connectivity index (χ1v) is 12.0. The van der Waals surface area contributed by atoms with E-state index in [2.05, 4.69) is 5.32 Å². The zero-order valence-electron chi connectivity index (χ0n) is 19.0. The molecule has 0 bridgehead atoms. The molecule has 1 aliphatic heterocycles. The van der Waals surface area contributed by atoms with Crippen molar-refractivity contribution in [1.82, 2.24) is 9.62 Å². The van der Waals surface area contributed by atoms with Gasteiger partial charge in [-0.1, -0.05) is 18.2 Å². The van der Waals surface area contributed by atoms with Gasteiger partial charge in [0.2, 0.25) is 15.9 Å². The van der Waals surface area contributed by atoms with Gasteiger partial charge in [-0.25, -0.2) is 8.42 Å². The molecule has 1 atom stereocenters. The van der Waals surface area contributed by atoms with E-state index in [-0.39, 0.29) is 12.5 Å². The summed E-state index contributed by atoms with van der Waals surface area (Å²) in [5.74, 6) is 0.601. The first-order chi connectivity index (χ1) is 14.6. The average Bonchev–Trinajstić information content (AvgIpc) is 2.74. The van der Waals surface area contributed by atoms with Crippen molar-refractivity contribution in [3.63, 3.8) is 0 Å². The smallest absolute Gasteiger partial charge is 0.243 e. The second-order valence-corrected chi connectivity index (χ2v) is 10.6. The molecule has 0 radical (unpaired) electrons. The van der Waals surface area contributed by atoms with Crippen LogP contribution >= 0.6 is 0 Å². The Morgan fingerprint density at radius 1 is 1.13 bits per heavy atom. The highest BCUT2D eigenvalue weighted by molar-refractivity contribution is 7.89. The van der Waals surface area contributed by atoms with E-state index >= 15 is 0 Å². The Bertz CT molecular complexity index is 1080. The van der Waals surface area contributed by atoms with Crippen LogP contribution in [0.15, 0.2) is 41.3 Å². The summed E-state index contributed by atoms with van der Waals surface area (Å²) in [6, 6.07) is 11.2. The maximum atomic E-state index is 13.4. The molecule has 0 aliphatic carbocycles. The van der Waals surface area contributed by atoms with Crippen LogP contribution in [0.5, 0.6) is 5.75 Å². The molecule has 0 saturated carbocycles. The van der Waals surface area contributed by atoms with E-state index in [0.717, 1.165) is 28.0 Å². The van der Waals surface area contributed by atoms with Gasteiger partial charge in [0.1, 0.15) is 5.75 Å². The van der Waals surface area contributed by atoms with Gasteiger partial charge >= 0.3 is 0 Å². The quantitative estimate of drug-likeness (QED) is 0.737. The summed E-state index contributed by atoms with van der Waals surface area (Å²) in [7, 11) is -2.07. The van der Waals surface area contributed by atoms with E-state index in [1.54, 1.807) is 13.2 Å². The van der Waals surface area contributed by atoms with Crippen LogP contribution < -0.4 is 10.1 Å². The van der Waals surface area contributed by atoms with E-state index in [4.69, 9.17) is 4.74 Å². The van der Waals surface area contributed by atoms with Gasteiger partial charge in [-0.3, -0.25) is 4.79 Å². The van der Waals surface area contributed by atoms with Crippen LogP contribution in [-0.2, 0) is 21.4 Å². The van der Waals surface area contributed by atoms with Crippen molar-refractivity contribution >= 4 is 15.9 Å². The van der Waals surface area contributed by atoms with Crippen LogP contribution in [0.1, 0.15) is 42.0 Å². The second-order valence-electron chi connectivity index (χ2n) is 8.74. The second kappa shape index (κ2) is 9.01. The molecule has 1 unspecified atom stereocenters. The fourth-order valence-corrected chi connectivity index (χ4v) is 6.01. The van der Waals surface area contributed by atoms with Crippen LogP contribution in [0.25, 0.3) is 0 Å². The molecule has 2 aromatic rings. The topological polar surface area (TPSA) is 75.7 Å². The molecule has 168 valence electrons. The Morgan fingerprint density at radius 3 is 2.55 bits per heavy atom. The van der Waals surface area contributed by atoms with Gasteiger partial charge in [-0.15, -0.1) is 0 Å². The minimum Gasteiger partial charge on any atom is -0.497 e. The largest absolute Gasteiger partial charge is 0.497 e. The molecule has 7 heteroatoms. The van der Waals surface area contributed by atoms with E-state index in [9.17, 15) is 13.2 Å². The van der Waals surface area contributed by atoms with Gasteiger partial charge in [0.05, 0.1) is 17.4 Å². The van der Waals surface area contributed by atoms with Gasteiger partial charge in [-0.05, 0) is 81.0 Å². The van der Waals surface area contributed by atoms with Crippen molar-refractivity contribution in [2.45, 2.75) is 52.0 Å². The highest BCUT2D eigenvalue weighted by Crippen LogP contribution is 2.34. The van der Waals surface area contributed by atoms with Gasteiger partial charge in [0.25, 0.3) is 0 Å². The summed E-state index contributed by atoms with van der Waals surface area (Å²) in [4.78, 5) is 13.4. The average molecular weight is 445 g/mol. The minimum absolute atomic E-state index is 0.132. The number of rotatable bonds is 6. The van der Waals surface area contributed by atoms with Gasteiger partial charge in [-0.2, -0.15) is 4.31 Å². The Labute approximate surface area is 185 Å². The third kappa shape index (κ3) is 4.93. The highest BCUT2D eigenvalue weighted by atomic mass is 32.2. The summed E-state index contributed by atoms with van der Waals surface area (Å²) >= 11 is 0. The van der Waals surface area contributed by atoms with E-state index in [1.807, 2.05) is 58.0 Å². The van der Waals surface area contributed by atoms with Gasteiger partial charge < -0.3 is 10.1 Å². The molecule has 3 rings (SSSR count). The molecule has 0 aromatic heterocycles. The first kappa shape index (κ1) is 23.3. The summed E-state index contributed by atoms with van der Waals surface area (Å²) in [5.41, 5.74) is 2.90. The van der Waals surface area contributed by atoms with Crippen molar-refractivity contribution in [3.05, 3.63) is 58.7 Å². The van der Waals surface area contributed by atoms with Crippen LogP contribution in [0.4, 0.5) is 0 Å². The van der Waals surface area contributed by atoms with Crippen molar-refractivity contribution in [2.75, 3.05) is 20.2 Å². The number of piperidine rings is 1. The number of carbonyl (C=O) groups excluding carboxylic acids is 1. The number of benzene rings is 2. The fraction of sp³-hybridized carbons (Fsp3) is 0.458. The van der Waals surface area contributed by atoms with E-state index in [0.29, 0.717) is 30.8 Å². The lowest BCUT2D eigenvalue weighted by Crippen LogP contribution is -2.51. The maximum Gasteiger partial charge on any atom is 0.243 e. The molecule has 1 saturated heterocycles. The summed E-state index contributed by atoms with van der Waals surface area (Å²) < 4.78 is 33.5. The predicted octanol–water partition coefficient (Wildman–Crippen LogP) is 3.73. The number of hydrogen-bond acceptors (Lipinski definition) is 4. The maximum absolute atomic E-state index is 13.4. The molecule has 2 aromatic carbocycles. The van der Waals surface area contributed by atoms with Crippen LogP contribution in [0.2, 0.25) is 0 Å². The number of amides is 1. The van der Waals surface area contributed by atoms with Crippen molar-refractivity contribution in [3.8, 4) is 5.75 Å². The Kier molecular flexibility index (Phi) is 6.76. The number of ether oxygens (including phenoxy) is 1. The lowest BCUT2D eigenvalue weighted by molar-refractivity contribution is -0.132. The Hall–Kier alpha value is -2.38. The normalized spacial score (nSPS) is 19.8. The summed E-state index contributed by atoms with van der Waals surface area (Å²) in [6.45, 7) is 8.53. The molecule has 6 nitrogen and oxygen atoms in total. The number of hydrogen-bond donors (Lipinski definition) is 1. The lowest BCUT2D eigenvalue weighted by Gasteiger charge is -2.38. The number of nitrogens with one attached hydrogen (secondary N) is 1. The van der Waals surface area contributed by atoms with Crippen LogP contribution in [-0.4, -0.2) is 38.8 Å². The molecule has 1 fully saturated rings. The van der Waals surface area contributed by atoms with Crippen LogP contribution in [0, 0.1) is 26.2 Å². The Balaban J connectivity index is 1.76. The number of sulfonamides is 1. The highest BCUT2D eigenvalue weighted by Gasteiger charge is 2.42. The SMILES string of the molecule is COc1cccc(CNC(=O)C2(C)CCCN(S(=O)(=O)c3cc(C)c(C)cc3C)C2)c1. The van der Waals surface area contributed by atoms with Gasteiger partial charge in [0, 0.05) is 19.6 Å². The summed E-state index contributed by atoms with van der Waals surface area (Å²) in [6.07, 6.45) is 1.29. The monoisotopic (exact) mass is 444 g/mol. The predicted molar refractivity (Wildman–Crippen MR) is 122 cm³/mol. The molecule has 0 spiro atoms. The third-order valence-corrected chi connectivity index (χ3v) is 8.19.